The monoisotopic (exact) mass is 348 g/mol. The lowest BCUT2D eigenvalue weighted by Crippen LogP contribution is -2.05. The van der Waals surface area contributed by atoms with Crippen molar-refractivity contribution in [2.24, 2.45) is 0 Å². The van der Waals surface area contributed by atoms with Crippen molar-refractivity contribution in [3.63, 3.8) is 0 Å². The number of aromatic nitrogens is 2. The van der Waals surface area contributed by atoms with Gasteiger partial charge in [-0.15, -0.1) is 6.58 Å². The first kappa shape index (κ1) is 18.2. The lowest BCUT2D eigenvalue weighted by Gasteiger charge is -2.11. The fourth-order valence-corrected chi connectivity index (χ4v) is 3.31. The molecular weight excluding hydrogens is 320 g/mol. The van der Waals surface area contributed by atoms with Gasteiger partial charge in [0.1, 0.15) is 11.6 Å². The van der Waals surface area contributed by atoms with Crippen LogP contribution in [0, 0.1) is 20.8 Å². The number of allylic oxidation sites excluding steroid dienone is 1. The molecule has 0 unspecified atom stereocenters. The van der Waals surface area contributed by atoms with Crippen molar-refractivity contribution < 1.29 is 4.74 Å². The highest BCUT2D eigenvalue weighted by molar-refractivity contribution is 5.78. The van der Waals surface area contributed by atoms with E-state index in [1.54, 1.807) is 0 Å². The molecule has 0 N–H and O–H groups in total. The van der Waals surface area contributed by atoms with E-state index in [4.69, 9.17) is 9.72 Å². The van der Waals surface area contributed by atoms with Crippen LogP contribution < -0.4 is 4.74 Å². The SMILES string of the molecule is C=CCc1ccccc1OCCCCn1c(C)nc2cc(C)c(C)cc21. The second kappa shape index (κ2) is 8.22. The first-order chi connectivity index (χ1) is 12.6. The first-order valence-electron chi connectivity index (χ1n) is 9.36. The van der Waals surface area contributed by atoms with E-state index in [1.807, 2.05) is 24.3 Å². The van der Waals surface area contributed by atoms with Gasteiger partial charge in [0, 0.05) is 6.54 Å². The maximum atomic E-state index is 5.99. The number of ether oxygens (including phenoxy) is 1. The first-order valence-corrected chi connectivity index (χ1v) is 9.36. The summed E-state index contributed by atoms with van der Waals surface area (Å²) in [6.07, 6.45) is 4.85. The average Bonchev–Trinajstić information content (AvgIpc) is 2.91. The van der Waals surface area contributed by atoms with E-state index in [1.165, 1.54) is 22.2 Å². The Hall–Kier alpha value is -2.55. The molecule has 0 bridgehead atoms. The third kappa shape index (κ3) is 3.98. The van der Waals surface area contributed by atoms with Crippen LogP contribution in [0.25, 0.3) is 11.0 Å². The summed E-state index contributed by atoms with van der Waals surface area (Å²) in [4.78, 5) is 4.72. The van der Waals surface area contributed by atoms with Crippen LogP contribution in [-0.4, -0.2) is 16.2 Å². The Morgan fingerprint density at radius 1 is 1.08 bits per heavy atom. The zero-order valence-corrected chi connectivity index (χ0v) is 16.1. The molecule has 0 spiro atoms. The van der Waals surface area contributed by atoms with Crippen LogP contribution in [0.4, 0.5) is 0 Å². The lowest BCUT2D eigenvalue weighted by atomic mass is 10.1. The van der Waals surface area contributed by atoms with E-state index < -0.39 is 0 Å². The molecule has 0 radical (unpaired) electrons. The van der Waals surface area contributed by atoms with Gasteiger partial charge >= 0.3 is 0 Å². The Labute approximate surface area is 156 Å². The van der Waals surface area contributed by atoms with Crippen molar-refractivity contribution >= 4 is 11.0 Å². The quantitative estimate of drug-likeness (QED) is 0.394. The van der Waals surface area contributed by atoms with Crippen LogP contribution in [0.1, 0.15) is 35.4 Å². The van der Waals surface area contributed by atoms with Crippen LogP contribution >= 0.6 is 0 Å². The lowest BCUT2D eigenvalue weighted by molar-refractivity contribution is 0.301. The van der Waals surface area contributed by atoms with Gasteiger partial charge in [-0.05, 0) is 74.9 Å². The van der Waals surface area contributed by atoms with Crippen molar-refractivity contribution in [2.75, 3.05) is 6.61 Å². The summed E-state index contributed by atoms with van der Waals surface area (Å²) in [7, 11) is 0. The van der Waals surface area contributed by atoms with Gasteiger partial charge in [-0.2, -0.15) is 0 Å². The number of nitrogens with zero attached hydrogens (tertiary/aromatic N) is 2. The molecule has 136 valence electrons. The Balaban J connectivity index is 1.58. The molecule has 0 fully saturated rings. The van der Waals surface area contributed by atoms with Gasteiger partial charge in [-0.1, -0.05) is 24.3 Å². The number of fused-ring (bicyclic) bond motifs is 1. The molecule has 0 aliphatic carbocycles. The van der Waals surface area contributed by atoms with E-state index in [0.717, 1.165) is 49.5 Å². The maximum absolute atomic E-state index is 5.99. The molecule has 0 amide bonds. The minimum atomic E-state index is 0.734. The summed E-state index contributed by atoms with van der Waals surface area (Å²) in [5.41, 5.74) is 6.15. The largest absolute Gasteiger partial charge is 0.493 e. The molecule has 0 aliphatic heterocycles. The number of hydrogen-bond donors (Lipinski definition) is 0. The Kier molecular flexibility index (Phi) is 5.77. The van der Waals surface area contributed by atoms with Gasteiger partial charge in [-0.25, -0.2) is 4.98 Å². The van der Waals surface area contributed by atoms with Crippen molar-refractivity contribution in [2.45, 2.75) is 46.6 Å². The molecule has 1 aromatic heterocycles. The van der Waals surface area contributed by atoms with Crippen molar-refractivity contribution in [1.82, 2.24) is 9.55 Å². The topological polar surface area (TPSA) is 27.1 Å². The summed E-state index contributed by atoms with van der Waals surface area (Å²) in [5.74, 6) is 2.06. The summed E-state index contributed by atoms with van der Waals surface area (Å²) >= 11 is 0. The number of imidazole rings is 1. The van der Waals surface area contributed by atoms with Crippen LogP contribution in [0.3, 0.4) is 0 Å². The molecule has 3 nitrogen and oxygen atoms in total. The van der Waals surface area contributed by atoms with Gasteiger partial charge in [-0.3, -0.25) is 0 Å². The van der Waals surface area contributed by atoms with Crippen molar-refractivity contribution in [3.8, 4) is 5.75 Å². The molecule has 3 heteroatoms. The fourth-order valence-electron chi connectivity index (χ4n) is 3.31. The smallest absolute Gasteiger partial charge is 0.122 e. The molecule has 1 heterocycles. The molecule has 3 rings (SSSR count). The van der Waals surface area contributed by atoms with Crippen LogP contribution in [0.5, 0.6) is 5.75 Å². The van der Waals surface area contributed by atoms with Gasteiger partial charge in [0.2, 0.25) is 0 Å². The Morgan fingerprint density at radius 2 is 1.85 bits per heavy atom. The third-order valence-electron chi connectivity index (χ3n) is 4.93. The minimum absolute atomic E-state index is 0.734. The standard InChI is InChI=1S/C23H28N2O/c1-5-10-20-11-6-7-12-23(20)26-14-9-8-13-25-19(4)24-21-15-17(2)18(3)16-22(21)25/h5-7,11-12,15-16H,1,8-10,13-14H2,2-4H3. The average molecular weight is 348 g/mol. The number of unbranched alkanes of at least 4 members (excludes halogenated alkanes) is 1. The normalized spacial score (nSPS) is 11.0. The summed E-state index contributed by atoms with van der Waals surface area (Å²) in [6.45, 7) is 11.9. The number of para-hydroxylation sites is 1. The van der Waals surface area contributed by atoms with Gasteiger partial charge in [0.25, 0.3) is 0 Å². The van der Waals surface area contributed by atoms with Crippen LogP contribution in [-0.2, 0) is 13.0 Å². The molecule has 0 aliphatic rings. The highest BCUT2D eigenvalue weighted by Crippen LogP contribution is 2.22. The Bertz CT molecular complexity index is 908. The molecule has 26 heavy (non-hydrogen) atoms. The predicted molar refractivity (Wildman–Crippen MR) is 109 cm³/mol. The molecule has 0 atom stereocenters. The van der Waals surface area contributed by atoms with Crippen LogP contribution in [0.15, 0.2) is 49.1 Å². The zero-order valence-electron chi connectivity index (χ0n) is 16.1. The highest BCUT2D eigenvalue weighted by Gasteiger charge is 2.09. The predicted octanol–water partition coefficient (Wildman–Crippen LogP) is 5.55. The number of hydrogen-bond acceptors (Lipinski definition) is 2. The second-order valence-corrected chi connectivity index (χ2v) is 6.89. The number of benzene rings is 2. The highest BCUT2D eigenvalue weighted by atomic mass is 16.5. The van der Waals surface area contributed by atoms with Crippen molar-refractivity contribution in [3.05, 3.63) is 71.6 Å². The molecular formula is C23H28N2O. The number of rotatable bonds is 8. The molecule has 0 saturated heterocycles. The van der Waals surface area contributed by atoms with E-state index in [0.29, 0.717) is 0 Å². The van der Waals surface area contributed by atoms with Gasteiger partial charge in [0.15, 0.2) is 0 Å². The van der Waals surface area contributed by atoms with E-state index in [-0.39, 0.29) is 0 Å². The second-order valence-electron chi connectivity index (χ2n) is 6.89. The summed E-state index contributed by atoms with van der Waals surface area (Å²) in [6, 6.07) is 12.6. The summed E-state index contributed by atoms with van der Waals surface area (Å²) in [5, 5.41) is 0. The van der Waals surface area contributed by atoms with E-state index >= 15 is 0 Å². The molecule has 2 aromatic carbocycles. The fraction of sp³-hybridized carbons (Fsp3) is 0.348. The Morgan fingerprint density at radius 3 is 2.65 bits per heavy atom. The van der Waals surface area contributed by atoms with Crippen molar-refractivity contribution in [1.29, 1.82) is 0 Å². The molecule has 0 saturated carbocycles. The maximum Gasteiger partial charge on any atom is 0.122 e. The third-order valence-corrected chi connectivity index (χ3v) is 4.93. The molecule has 3 aromatic rings. The zero-order chi connectivity index (χ0) is 18.5. The van der Waals surface area contributed by atoms with E-state index in [9.17, 15) is 0 Å². The van der Waals surface area contributed by atoms with Gasteiger partial charge in [0.05, 0.1) is 17.6 Å². The minimum Gasteiger partial charge on any atom is -0.493 e. The van der Waals surface area contributed by atoms with Gasteiger partial charge < -0.3 is 9.30 Å². The number of aryl methyl sites for hydroxylation is 4. The van der Waals surface area contributed by atoms with Crippen LogP contribution in [0.2, 0.25) is 0 Å². The van der Waals surface area contributed by atoms with E-state index in [2.05, 4.69) is 50.1 Å². The summed E-state index contributed by atoms with van der Waals surface area (Å²) < 4.78 is 8.32.